The zero-order valence-electron chi connectivity index (χ0n) is 12.4. The van der Waals surface area contributed by atoms with Gasteiger partial charge < -0.3 is 5.32 Å². The Balaban J connectivity index is 2.06. The molecule has 0 aliphatic rings. The van der Waals surface area contributed by atoms with Crippen molar-refractivity contribution in [2.45, 2.75) is 32.7 Å². The summed E-state index contributed by atoms with van der Waals surface area (Å²) < 4.78 is 14.7. The highest BCUT2D eigenvalue weighted by Gasteiger charge is 2.14. The Kier molecular flexibility index (Phi) is 6.22. The smallest absolute Gasteiger partial charge is 0.126 e. The lowest BCUT2D eigenvalue weighted by atomic mass is 9.95. The zero-order valence-corrected chi connectivity index (χ0v) is 14.0. The van der Waals surface area contributed by atoms with Crippen molar-refractivity contribution in [1.29, 1.82) is 0 Å². The number of halogens is 2. The molecule has 1 nitrogen and oxygen atoms in total. The van der Waals surface area contributed by atoms with Gasteiger partial charge in [0.1, 0.15) is 5.82 Å². The summed E-state index contributed by atoms with van der Waals surface area (Å²) in [5.41, 5.74) is 0.788. The average Bonchev–Trinajstić information content (AvgIpc) is 2.84. The SMILES string of the molecule is CC(C)NCC(Cc1ccc(Cl)s1)Cc1ccccc1F. The van der Waals surface area contributed by atoms with Crippen LogP contribution in [0.25, 0.3) is 0 Å². The summed E-state index contributed by atoms with van der Waals surface area (Å²) >= 11 is 7.61. The molecule has 1 atom stereocenters. The van der Waals surface area contributed by atoms with Gasteiger partial charge in [-0.1, -0.05) is 43.6 Å². The van der Waals surface area contributed by atoms with E-state index in [-0.39, 0.29) is 5.82 Å². The molecule has 0 aliphatic carbocycles. The fourth-order valence-electron chi connectivity index (χ4n) is 2.34. The van der Waals surface area contributed by atoms with Gasteiger partial charge in [-0.3, -0.25) is 0 Å². The van der Waals surface area contributed by atoms with E-state index in [2.05, 4.69) is 25.2 Å². The maximum absolute atomic E-state index is 13.9. The molecule has 0 amide bonds. The van der Waals surface area contributed by atoms with E-state index >= 15 is 0 Å². The topological polar surface area (TPSA) is 12.0 Å². The molecule has 4 heteroatoms. The lowest BCUT2D eigenvalue weighted by Gasteiger charge is -2.19. The second kappa shape index (κ2) is 7.92. The van der Waals surface area contributed by atoms with Crippen molar-refractivity contribution >= 4 is 22.9 Å². The molecule has 1 aromatic heterocycles. The van der Waals surface area contributed by atoms with E-state index in [9.17, 15) is 4.39 Å². The highest BCUT2D eigenvalue weighted by molar-refractivity contribution is 7.16. The molecule has 114 valence electrons. The van der Waals surface area contributed by atoms with E-state index in [0.29, 0.717) is 12.0 Å². The van der Waals surface area contributed by atoms with E-state index < -0.39 is 0 Å². The molecule has 2 aromatic rings. The maximum atomic E-state index is 13.9. The molecule has 1 heterocycles. The molecular weight excluding hydrogens is 305 g/mol. The predicted octanol–water partition coefficient (Wildman–Crippen LogP) is 4.94. The predicted molar refractivity (Wildman–Crippen MR) is 89.8 cm³/mol. The van der Waals surface area contributed by atoms with Crippen LogP contribution in [0.5, 0.6) is 0 Å². The van der Waals surface area contributed by atoms with Gasteiger partial charge in [-0.25, -0.2) is 4.39 Å². The number of benzene rings is 1. The van der Waals surface area contributed by atoms with Gasteiger partial charge in [-0.2, -0.15) is 0 Å². The van der Waals surface area contributed by atoms with E-state index in [4.69, 9.17) is 11.6 Å². The van der Waals surface area contributed by atoms with Crippen molar-refractivity contribution in [2.24, 2.45) is 5.92 Å². The molecule has 21 heavy (non-hydrogen) atoms. The highest BCUT2D eigenvalue weighted by Crippen LogP contribution is 2.25. The zero-order chi connectivity index (χ0) is 15.2. The first-order valence-corrected chi connectivity index (χ1v) is 8.45. The second-order valence-electron chi connectivity index (χ2n) is 5.63. The fraction of sp³-hybridized carbons (Fsp3) is 0.412. The van der Waals surface area contributed by atoms with Gasteiger partial charge in [-0.15, -0.1) is 11.3 Å². The Morgan fingerprint density at radius 1 is 1.14 bits per heavy atom. The van der Waals surface area contributed by atoms with Crippen LogP contribution in [0.1, 0.15) is 24.3 Å². The standard InChI is InChI=1S/C17H21ClFNS/c1-12(2)20-11-13(10-15-7-8-17(18)21-15)9-14-5-3-4-6-16(14)19/h3-8,12-13,20H,9-11H2,1-2H3. The normalized spacial score (nSPS) is 12.8. The monoisotopic (exact) mass is 325 g/mol. The van der Waals surface area contributed by atoms with Crippen LogP contribution in [-0.2, 0) is 12.8 Å². The summed E-state index contributed by atoms with van der Waals surface area (Å²) in [6, 6.07) is 11.5. The van der Waals surface area contributed by atoms with Crippen LogP contribution in [0.15, 0.2) is 36.4 Å². The van der Waals surface area contributed by atoms with Gasteiger partial charge >= 0.3 is 0 Å². The minimum atomic E-state index is -0.115. The first-order valence-electron chi connectivity index (χ1n) is 7.25. The highest BCUT2D eigenvalue weighted by atomic mass is 35.5. The largest absolute Gasteiger partial charge is 0.314 e. The minimum absolute atomic E-state index is 0.115. The van der Waals surface area contributed by atoms with Crippen LogP contribution in [-0.4, -0.2) is 12.6 Å². The molecule has 2 rings (SSSR count). The summed E-state index contributed by atoms with van der Waals surface area (Å²) in [6.07, 6.45) is 1.66. The van der Waals surface area contributed by atoms with Crippen molar-refractivity contribution in [3.63, 3.8) is 0 Å². The van der Waals surface area contributed by atoms with Gasteiger partial charge in [0.2, 0.25) is 0 Å². The van der Waals surface area contributed by atoms with Gasteiger partial charge in [0.25, 0.3) is 0 Å². The van der Waals surface area contributed by atoms with E-state index in [1.54, 1.807) is 17.4 Å². The Hall–Kier alpha value is -0.900. The third-order valence-electron chi connectivity index (χ3n) is 3.40. The van der Waals surface area contributed by atoms with Crippen molar-refractivity contribution < 1.29 is 4.39 Å². The van der Waals surface area contributed by atoms with Crippen LogP contribution in [0.2, 0.25) is 4.34 Å². The molecule has 0 aliphatic heterocycles. The number of nitrogens with one attached hydrogen (secondary N) is 1. The van der Waals surface area contributed by atoms with Gasteiger partial charge in [0.05, 0.1) is 4.34 Å². The van der Waals surface area contributed by atoms with E-state index in [1.165, 1.54) is 10.9 Å². The number of thiophene rings is 1. The van der Waals surface area contributed by atoms with Gasteiger partial charge in [0.15, 0.2) is 0 Å². The first kappa shape index (κ1) is 16.5. The summed E-state index contributed by atoms with van der Waals surface area (Å²) in [4.78, 5) is 1.26. The van der Waals surface area contributed by atoms with Gasteiger partial charge in [-0.05, 0) is 49.1 Å². The van der Waals surface area contributed by atoms with Gasteiger partial charge in [0, 0.05) is 10.9 Å². The second-order valence-corrected chi connectivity index (χ2v) is 7.43. The quantitative estimate of drug-likeness (QED) is 0.760. The van der Waals surface area contributed by atoms with Crippen LogP contribution < -0.4 is 5.32 Å². The lowest BCUT2D eigenvalue weighted by Crippen LogP contribution is -2.31. The molecule has 1 N–H and O–H groups in total. The lowest BCUT2D eigenvalue weighted by molar-refractivity contribution is 0.439. The third kappa shape index (κ3) is 5.42. The number of hydrogen-bond donors (Lipinski definition) is 1. The summed E-state index contributed by atoms with van der Waals surface area (Å²) in [5.74, 6) is 0.246. The van der Waals surface area contributed by atoms with Crippen LogP contribution in [0.3, 0.4) is 0 Å². The molecule has 0 spiro atoms. The van der Waals surface area contributed by atoms with Crippen LogP contribution in [0, 0.1) is 11.7 Å². The number of hydrogen-bond acceptors (Lipinski definition) is 2. The molecule has 1 unspecified atom stereocenters. The Morgan fingerprint density at radius 2 is 1.90 bits per heavy atom. The Labute approximate surface area is 135 Å². The van der Waals surface area contributed by atoms with E-state index in [1.807, 2.05) is 18.2 Å². The molecule has 1 aromatic carbocycles. The van der Waals surface area contributed by atoms with Crippen LogP contribution in [0.4, 0.5) is 4.39 Å². The van der Waals surface area contributed by atoms with E-state index in [0.717, 1.165) is 29.3 Å². The van der Waals surface area contributed by atoms with Crippen molar-refractivity contribution in [1.82, 2.24) is 5.32 Å². The van der Waals surface area contributed by atoms with Crippen molar-refractivity contribution in [3.05, 3.63) is 57.0 Å². The molecule has 0 saturated carbocycles. The summed E-state index contributed by atoms with van der Waals surface area (Å²) in [7, 11) is 0. The number of rotatable bonds is 7. The third-order valence-corrected chi connectivity index (χ3v) is 4.65. The van der Waals surface area contributed by atoms with Crippen molar-refractivity contribution in [3.8, 4) is 0 Å². The summed E-state index contributed by atoms with van der Waals surface area (Å²) in [5, 5.41) is 3.46. The maximum Gasteiger partial charge on any atom is 0.126 e. The summed E-state index contributed by atoms with van der Waals surface area (Å²) in [6.45, 7) is 5.13. The van der Waals surface area contributed by atoms with Crippen LogP contribution >= 0.6 is 22.9 Å². The minimum Gasteiger partial charge on any atom is -0.314 e. The molecule has 0 saturated heterocycles. The first-order chi connectivity index (χ1) is 10.0. The fourth-order valence-corrected chi connectivity index (χ4v) is 3.54. The van der Waals surface area contributed by atoms with Crippen molar-refractivity contribution in [2.75, 3.05) is 6.54 Å². The average molecular weight is 326 g/mol. The molecule has 0 fully saturated rings. The Morgan fingerprint density at radius 3 is 2.52 bits per heavy atom. The molecule has 0 radical (unpaired) electrons. The Bertz CT molecular complexity index is 567. The molecular formula is C17H21ClFNS. The molecule has 0 bridgehead atoms.